The molecule has 0 saturated carbocycles. The average molecular weight is 480 g/mol. The van der Waals surface area contributed by atoms with Gasteiger partial charge in [0, 0.05) is 6.61 Å². The van der Waals surface area contributed by atoms with Gasteiger partial charge in [0.2, 0.25) is 0 Å². The lowest BCUT2D eigenvalue weighted by Gasteiger charge is -2.32. The maximum atomic E-state index is 13.4. The van der Waals surface area contributed by atoms with Crippen molar-refractivity contribution < 1.29 is 18.9 Å². The molecule has 34 heavy (non-hydrogen) atoms. The highest BCUT2D eigenvalue weighted by Gasteiger charge is 2.52. The summed E-state index contributed by atoms with van der Waals surface area (Å²) < 4.78 is 13.2. The highest BCUT2D eigenvalue weighted by Crippen LogP contribution is 2.59. The first kappa shape index (κ1) is 26.1. The summed E-state index contributed by atoms with van der Waals surface area (Å²) in [5, 5.41) is 11.8. The Hall–Kier alpha value is -2.52. The second-order valence-electron chi connectivity index (χ2n) is 9.26. The van der Waals surface area contributed by atoms with Gasteiger partial charge in [0.1, 0.15) is 0 Å². The van der Waals surface area contributed by atoms with Crippen LogP contribution in [-0.4, -0.2) is 24.3 Å². The Bertz CT molecular complexity index is 967. The predicted octanol–water partition coefficient (Wildman–Crippen LogP) is 5.90. The summed E-state index contributed by atoms with van der Waals surface area (Å²) in [4.78, 5) is 13.4. The maximum Gasteiger partial charge on any atom is 0.390 e. The second-order valence-corrected chi connectivity index (χ2v) is 11.8. The van der Waals surface area contributed by atoms with Gasteiger partial charge in [0.05, 0.1) is 12.2 Å². The Balaban J connectivity index is 2.08. The molecule has 0 spiro atoms. The van der Waals surface area contributed by atoms with Gasteiger partial charge in [-0.15, -0.1) is 0 Å². The van der Waals surface area contributed by atoms with E-state index in [2.05, 4.69) is 27.7 Å². The zero-order chi connectivity index (χ0) is 24.6. The summed E-state index contributed by atoms with van der Waals surface area (Å²) in [5.41, 5.74) is 0.484. The number of hydrogen-bond donors (Lipinski definition) is 1. The highest BCUT2D eigenvalue weighted by atomic mass is 31.2. The van der Waals surface area contributed by atoms with E-state index < -0.39 is 13.7 Å². The molecule has 4 nitrogen and oxygen atoms in total. The van der Waals surface area contributed by atoms with Crippen LogP contribution in [0.3, 0.4) is 0 Å². The van der Waals surface area contributed by atoms with Gasteiger partial charge >= 0.3 is 13.7 Å². The van der Waals surface area contributed by atoms with E-state index in [4.69, 9.17) is 9.05 Å². The number of carbonyl (C=O) groups excluding carboxylic acids is 1. The van der Waals surface area contributed by atoms with E-state index in [9.17, 15) is 9.90 Å². The zero-order valence-corrected chi connectivity index (χ0v) is 21.4. The smallest absolute Gasteiger partial charge is 0.390 e. The Kier molecular flexibility index (Phi) is 9.41. The fourth-order valence-electron chi connectivity index (χ4n) is 4.26. The van der Waals surface area contributed by atoms with E-state index in [1.54, 1.807) is 12.1 Å². The first-order valence-electron chi connectivity index (χ1n) is 11.9. The third-order valence-electron chi connectivity index (χ3n) is 6.34. The van der Waals surface area contributed by atoms with Crippen LogP contribution >= 0.6 is 7.72 Å². The molecule has 0 fully saturated rings. The molecule has 0 radical (unpaired) electrons. The Morgan fingerprint density at radius 2 is 1.18 bits per heavy atom. The van der Waals surface area contributed by atoms with Crippen LogP contribution in [0.2, 0.25) is 0 Å². The number of aliphatic hydroxyl groups is 1. The molecule has 2 unspecified atom stereocenters. The van der Waals surface area contributed by atoms with Crippen LogP contribution in [0, 0.1) is 23.7 Å². The van der Waals surface area contributed by atoms with Gasteiger partial charge in [0.25, 0.3) is 0 Å². The third kappa shape index (κ3) is 6.13. The standard InChI is InChI=1S/C29H36O4P/c1-22(2)27(20-30)28(23(3)4)21-32-34(25-16-10-6-11-17-25,26-18-12-7-13-19-26)33-29(31)24-14-8-5-9-15-24/h5-19,22-23,27-28,30H,20-21H2,1-4H3/q+1. The molecule has 5 heteroatoms. The van der Waals surface area contributed by atoms with Crippen LogP contribution in [-0.2, 0) is 9.05 Å². The molecule has 3 aromatic carbocycles. The average Bonchev–Trinajstić information content (AvgIpc) is 2.86. The third-order valence-corrected chi connectivity index (χ3v) is 9.23. The van der Waals surface area contributed by atoms with Gasteiger partial charge in [-0.1, -0.05) is 82.3 Å². The fraction of sp³-hybridized carbons (Fsp3) is 0.345. The molecular formula is C29H36O4P+. The first-order chi connectivity index (χ1) is 16.4. The minimum Gasteiger partial charge on any atom is -0.396 e. The van der Waals surface area contributed by atoms with E-state index >= 15 is 0 Å². The summed E-state index contributed by atoms with van der Waals surface area (Å²) >= 11 is 0. The molecule has 2 atom stereocenters. The largest absolute Gasteiger partial charge is 0.396 e. The van der Waals surface area contributed by atoms with Crippen molar-refractivity contribution in [2.45, 2.75) is 27.7 Å². The Labute approximate surface area is 204 Å². The minimum atomic E-state index is -3.03. The summed E-state index contributed by atoms with van der Waals surface area (Å²) in [6, 6.07) is 28.6. The van der Waals surface area contributed by atoms with Crippen molar-refractivity contribution in [3.8, 4) is 0 Å². The maximum absolute atomic E-state index is 13.4. The van der Waals surface area contributed by atoms with Gasteiger partial charge in [-0.2, -0.15) is 4.52 Å². The van der Waals surface area contributed by atoms with Crippen molar-refractivity contribution in [2.75, 3.05) is 13.2 Å². The molecule has 0 aliphatic heterocycles. The molecule has 0 heterocycles. The van der Waals surface area contributed by atoms with Crippen LogP contribution in [0.4, 0.5) is 0 Å². The molecular weight excluding hydrogens is 443 g/mol. The number of hydrogen-bond acceptors (Lipinski definition) is 4. The normalized spacial score (nSPS) is 13.6. The molecule has 1 N–H and O–H groups in total. The van der Waals surface area contributed by atoms with Crippen LogP contribution in [0.5, 0.6) is 0 Å². The predicted molar refractivity (Wildman–Crippen MR) is 141 cm³/mol. The van der Waals surface area contributed by atoms with Gasteiger partial charge in [0.15, 0.2) is 10.6 Å². The zero-order valence-electron chi connectivity index (χ0n) is 20.5. The van der Waals surface area contributed by atoms with Crippen LogP contribution < -0.4 is 10.6 Å². The summed E-state index contributed by atoms with van der Waals surface area (Å²) in [6.07, 6.45) is 0. The number of carbonyl (C=O) groups is 1. The van der Waals surface area contributed by atoms with Crippen molar-refractivity contribution in [3.05, 3.63) is 96.6 Å². The van der Waals surface area contributed by atoms with E-state index in [1.165, 1.54) is 0 Å². The van der Waals surface area contributed by atoms with Gasteiger partial charge in [-0.3, -0.25) is 4.52 Å². The van der Waals surface area contributed by atoms with Gasteiger partial charge in [-0.05, 0) is 60.1 Å². The molecule has 0 aliphatic carbocycles. The van der Waals surface area contributed by atoms with Crippen molar-refractivity contribution in [1.29, 1.82) is 0 Å². The molecule has 0 aliphatic rings. The van der Waals surface area contributed by atoms with Crippen LogP contribution in [0.1, 0.15) is 38.1 Å². The molecule has 0 bridgehead atoms. The fourth-order valence-corrected chi connectivity index (χ4v) is 6.97. The summed E-state index contributed by atoms with van der Waals surface area (Å²) in [7, 11) is -3.03. The lowest BCUT2D eigenvalue weighted by Crippen LogP contribution is -2.35. The molecule has 3 rings (SSSR count). The molecule has 180 valence electrons. The topological polar surface area (TPSA) is 55.8 Å². The first-order valence-corrected chi connectivity index (χ1v) is 13.6. The molecule has 0 aromatic heterocycles. The van der Waals surface area contributed by atoms with E-state index in [-0.39, 0.29) is 24.4 Å². The molecule has 0 amide bonds. The van der Waals surface area contributed by atoms with Gasteiger partial charge in [-0.25, -0.2) is 4.79 Å². The Morgan fingerprint density at radius 1 is 0.735 bits per heavy atom. The van der Waals surface area contributed by atoms with Crippen LogP contribution in [0.25, 0.3) is 0 Å². The molecule has 0 saturated heterocycles. The summed E-state index contributed by atoms with van der Waals surface area (Å²) in [5.74, 6) is 0.364. The van der Waals surface area contributed by atoms with Crippen molar-refractivity contribution >= 4 is 24.3 Å². The van der Waals surface area contributed by atoms with E-state index in [0.717, 1.165) is 10.6 Å². The second kappa shape index (κ2) is 12.3. The van der Waals surface area contributed by atoms with Crippen molar-refractivity contribution in [2.24, 2.45) is 23.7 Å². The lowest BCUT2D eigenvalue weighted by atomic mass is 9.78. The number of aliphatic hydroxyl groups excluding tert-OH is 1. The van der Waals surface area contributed by atoms with Gasteiger partial charge < -0.3 is 5.11 Å². The van der Waals surface area contributed by atoms with E-state index in [1.807, 2.05) is 78.9 Å². The lowest BCUT2D eigenvalue weighted by molar-refractivity contribution is 0.0605. The highest BCUT2D eigenvalue weighted by molar-refractivity contribution is 7.81. The van der Waals surface area contributed by atoms with E-state index in [0.29, 0.717) is 18.1 Å². The Morgan fingerprint density at radius 3 is 1.59 bits per heavy atom. The summed E-state index contributed by atoms with van der Waals surface area (Å²) in [6.45, 7) is 9.03. The van der Waals surface area contributed by atoms with Crippen molar-refractivity contribution in [3.63, 3.8) is 0 Å². The SMILES string of the molecule is CC(C)C(CO)C(CO[P+](OC(=O)c1ccccc1)(c1ccccc1)c1ccccc1)C(C)C. The number of rotatable bonds is 11. The molecule has 3 aromatic rings. The van der Waals surface area contributed by atoms with Crippen molar-refractivity contribution in [1.82, 2.24) is 0 Å². The monoisotopic (exact) mass is 479 g/mol. The quantitative estimate of drug-likeness (QED) is 0.348. The van der Waals surface area contributed by atoms with Crippen LogP contribution in [0.15, 0.2) is 91.0 Å². The number of benzene rings is 3. The minimum absolute atomic E-state index is 0.0817.